The molecule has 210 valence electrons. The fourth-order valence-electron chi connectivity index (χ4n) is 6.16. The number of carbonyl (C=O) groups is 1. The Morgan fingerprint density at radius 2 is 1.45 bits per heavy atom. The highest BCUT2D eigenvalue weighted by atomic mass is 28.4. The Hall–Kier alpha value is -3.21. The first-order chi connectivity index (χ1) is 19.4. The van der Waals surface area contributed by atoms with Gasteiger partial charge in [-0.05, 0) is 52.6 Å². The van der Waals surface area contributed by atoms with Crippen molar-refractivity contribution in [2.45, 2.75) is 63.8 Å². The van der Waals surface area contributed by atoms with Crippen LogP contribution in [0.2, 0.25) is 5.04 Å². The quantitative estimate of drug-likeness (QED) is 0.101. The number of benzene rings is 3. The van der Waals surface area contributed by atoms with E-state index < -0.39 is 8.32 Å². The molecule has 0 fully saturated rings. The van der Waals surface area contributed by atoms with E-state index in [0.717, 1.165) is 25.7 Å². The van der Waals surface area contributed by atoms with Gasteiger partial charge >= 0.3 is 5.97 Å². The summed E-state index contributed by atoms with van der Waals surface area (Å²) < 4.78 is 12.2. The third kappa shape index (κ3) is 6.91. The van der Waals surface area contributed by atoms with Crippen molar-refractivity contribution in [3.05, 3.63) is 120 Å². The molecule has 3 nitrogen and oxygen atoms in total. The third-order valence-corrected chi connectivity index (χ3v) is 13.2. The number of hydrogen-bond acceptors (Lipinski definition) is 3. The molecule has 2 atom stereocenters. The zero-order valence-electron chi connectivity index (χ0n) is 24.5. The lowest BCUT2D eigenvalue weighted by atomic mass is 9.85. The van der Waals surface area contributed by atoms with Crippen LogP contribution < -0.4 is 10.4 Å². The molecular formula is C36H44O3Si. The molecule has 0 aliphatic heterocycles. The molecule has 0 radical (unpaired) electrons. The molecule has 1 unspecified atom stereocenters. The first kappa shape index (κ1) is 29.8. The lowest BCUT2D eigenvalue weighted by Crippen LogP contribution is -2.67. The van der Waals surface area contributed by atoms with Crippen LogP contribution in [0.4, 0.5) is 0 Å². The van der Waals surface area contributed by atoms with Gasteiger partial charge in [0.25, 0.3) is 8.32 Å². The molecule has 0 saturated carbocycles. The highest BCUT2D eigenvalue weighted by molar-refractivity contribution is 6.99. The molecule has 0 N–H and O–H groups in total. The Labute approximate surface area is 242 Å². The first-order valence-electron chi connectivity index (χ1n) is 14.6. The van der Waals surface area contributed by atoms with E-state index >= 15 is 0 Å². The molecule has 0 amide bonds. The van der Waals surface area contributed by atoms with Crippen molar-refractivity contribution in [1.29, 1.82) is 0 Å². The smallest absolute Gasteiger partial charge is 0.305 e. The minimum absolute atomic E-state index is 0.0556. The number of rotatable bonds is 12. The maximum Gasteiger partial charge on any atom is 0.305 e. The van der Waals surface area contributed by atoms with Crippen molar-refractivity contribution < 1.29 is 14.0 Å². The molecule has 3 aromatic carbocycles. The van der Waals surface area contributed by atoms with Crippen molar-refractivity contribution in [2.75, 3.05) is 13.7 Å². The second-order valence-corrected chi connectivity index (χ2v) is 16.1. The van der Waals surface area contributed by atoms with E-state index in [1.165, 1.54) is 28.6 Å². The van der Waals surface area contributed by atoms with Crippen LogP contribution in [0.25, 0.3) is 0 Å². The molecule has 1 aliphatic rings. The number of methoxy groups -OCH3 is 1. The van der Waals surface area contributed by atoms with Gasteiger partial charge in [0.05, 0.1) is 7.11 Å². The Kier molecular flexibility index (Phi) is 10.4. The summed E-state index contributed by atoms with van der Waals surface area (Å²) in [7, 11) is -1.18. The van der Waals surface area contributed by atoms with Crippen LogP contribution in [0, 0.1) is 5.92 Å². The molecule has 0 aromatic heterocycles. The summed E-state index contributed by atoms with van der Waals surface area (Å²) in [4.78, 5) is 11.4. The molecule has 1 aliphatic carbocycles. The van der Waals surface area contributed by atoms with Crippen LogP contribution >= 0.6 is 0 Å². The summed E-state index contributed by atoms with van der Waals surface area (Å²) in [5, 5.41) is 2.58. The van der Waals surface area contributed by atoms with Crippen LogP contribution in [-0.4, -0.2) is 28.0 Å². The highest BCUT2D eigenvalue weighted by Crippen LogP contribution is 2.43. The van der Waals surface area contributed by atoms with Gasteiger partial charge in [-0.1, -0.05) is 136 Å². The Morgan fingerprint density at radius 3 is 2.00 bits per heavy atom. The second kappa shape index (κ2) is 13.9. The molecule has 0 heterocycles. The van der Waals surface area contributed by atoms with Crippen LogP contribution in [-0.2, 0) is 14.0 Å². The van der Waals surface area contributed by atoms with Gasteiger partial charge in [-0.2, -0.15) is 0 Å². The Bertz CT molecular complexity index is 1220. The summed E-state index contributed by atoms with van der Waals surface area (Å²) in [5.74, 6) is 0.573. The predicted octanol–water partition coefficient (Wildman–Crippen LogP) is 7.58. The lowest BCUT2D eigenvalue weighted by molar-refractivity contribution is -0.140. The molecule has 0 saturated heterocycles. The normalized spacial score (nSPS) is 17.6. The summed E-state index contributed by atoms with van der Waals surface area (Å²) in [5.41, 5.74) is 2.84. The molecule has 3 aromatic rings. The van der Waals surface area contributed by atoms with Crippen LogP contribution in [0.3, 0.4) is 0 Å². The number of esters is 1. The number of unbranched alkanes of at least 4 members (excludes halogenated alkanes) is 1. The molecular weight excluding hydrogens is 508 g/mol. The van der Waals surface area contributed by atoms with Gasteiger partial charge in [0.2, 0.25) is 0 Å². The number of allylic oxidation sites excluding steroid dienone is 3. The van der Waals surface area contributed by atoms with Gasteiger partial charge in [0.15, 0.2) is 0 Å². The Morgan fingerprint density at radius 1 is 0.875 bits per heavy atom. The minimum Gasteiger partial charge on any atom is -0.469 e. The highest BCUT2D eigenvalue weighted by Gasteiger charge is 2.50. The SMILES string of the molecule is COC(=O)CCC/C=C\CC1=CCC(c2ccccc2)[C@H]1CO[Si](c1ccccc1)(c1ccccc1)C(C)(C)C. The van der Waals surface area contributed by atoms with E-state index in [1.54, 1.807) is 0 Å². The summed E-state index contributed by atoms with van der Waals surface area (Å²) in [6.45, 7) is 7.72. The van der Waals surface area contributed by atoms with Crippen LogP contribution in [0.1, 0.15) is 64.4 Å². The van der Waals surface area contributed by atoms with Gasteiger partial charge in [-0.3, -0.25) is 4.79 Å². The monoisotopic (exact) mass is 552 g/mol. The maximum atomic E-state index is 11.4. The second-order valence-electron chi connectivity index (χ2n) is 11.8. The molecule has 0 spiro atoms. The summed E-state index contributed by atoms with van der Waals surface area (Å²) in [6, 6.07) is 32.8. The number of carbonyl (C=O) groups excluding carboxylic acids is 1. The van der Waals surface area contributed by atoms with Crippen LogP contribution in [0.15, 0.2) is 115 Å². The van der Waals surface area contributed by atoms with Gasteiger partial charge in [0.1, 0.15) is 0 Å². The lowest BCUT2D eigenvalue weighted by Gasteiger charge is -2.44. The van der Waals surface area contributed by atoms with Gasteiger partial charge in [-0.25, -0.2) is 0 Å². The average Bonchev–Trinajstić information content (AvgIpc) is 3.38. The topological polar surface area (TPSA) is 35.5 Å². The standard InChI is InChI=1S/C36H44O3Si/c1-36(2,3)40(31-21-13-8-14-22-31,32-23-15-9-16-24-32)39-28-34-30(20-10-5-6-17-25-35(37)38-4)26-27-33(34)29-18-11-7-12-19-29/h5,7-16,18-19,21-24,26,33-34H,6,17,20,25,27-28H2,1-4H3/b10-5-/t33?,34-/m0/s1. The fraction of sp³-hybridized carbons (Fsp3) is 0.361. The van der Waals surface area contributed by atoms with Crippen LogP contribution in [0.5, 0.6) is 0 Å². The number of hydrogen-bond donors (Lipinski definition) is 0. The maximum absolute atomic E-state index is 11.4. The van der Waals surface area contributed by atoms with E-state index in [2.05, 4.69) is 130 Å². The predicted molar refractivity (Wildman–Crippen MR) is 169 cm³/mol. The van der Waals surface area contributed by atoms with E-state index in [1.807, 2.05) is 0 Å². The molecule has 4 heteroatoms. The zero-order valence-corrected chi connectivity index (χ0v) is 25.5. The van der Waals surface area contributed by atoms with Crippen molar-refractivity contribution in [1.82, 2.24) is 0 Å². The van der Waals surface area contributed by atoms with E-state index in [9.17, 15) is 4.79 Å². The molecule has 40 heavy (non-hydrogen) atoms. The third-order valence-electron chi connectivity index (χ3n) is 8.22. The van der Waals surface area contributed by atoms with Gasteiger partial charge < -0.3 is 9.16 Å². The number of ether oxygens (including phenoxy) is 1. The zero-order chi connectivity index (χ0) is 28.4. The van der Waals surface area contributed by atoms with E-state index in [0.29, 0.717) is 24.9 Å². The van der Waals surface area contributed by atoms with Crippen molar-refractivity contribution in [3.63, 3.8) is 0 Å². The van der Waals surface area contributed by atoms with Crippen molar-refractivity contribution >= 4 is 24.7 Å². The molecule has 4 rings (SSSR count). The fourth-order valence-corrected chi connectivity index (χ4v) is 10.7. The summed E-state index contributed by atoms with van der Waals surface area (Å²) in [6.07, 6.45) is 11.0. The first-order valence-corrected chi connectivity index (χ1v) is 16.5. The van der Waals surface area contributed by atoms with Crippen molar-refractivity contribution in [3.8, 4) is 0 Å². The Balaban J connectivity index is 1.62. The van der Waals surface area contributed by atoms with E-state index in [-0.39, 0.29) is 11.0 Å². The van der Waals surface area contributed by atoms with Gasteiger partial charge in [-0.15, -0.1) is 0 Å². The van der Waals surface area contributed by atoms with Gasteiger partial charge in [0, 0.05) is 18.9 Å². The average molecular weight is 553 g/mol. The minimum atomic E-state index is -2.63. The largest absolute Gasteiger partial charge is 0.469 e. The van der Waals surface area contributed by atoms with Crippen molar-refractivity contribution in [2.24, 2.45) is 5.92 Å². The molecule has 0 bridgehead atoms. The van der Waals surface area contributed by atoms with E-state index in [4.69, 9.17) is 9.16 Å². The summed E-state index contributed by atoms with van der Waals surface area (Å²) >= 11 is 0.